The molecule has 26 heteroatoms. The summed E-state index contributed by atoms with van der Waals surface area (Å²) in [6, 6.07) is -3.87. The monoisotopic (exact) mass is 1050 g/mol. The molecule has 2 atom stereocenters. The van der Waals surface area contributed by atoms with Gasteiger partial charge in [0, 0.05) is 84.4 Å². The Balaban J connectivity index is -0.00000475. The summed E-state index contributed by atoms with van der Waals surface area (Å²) in [6.07, 6.45) is 7.55. The Labute approximate surface area is 369 Å². The van der Waals surface area contributed by atoms with Gasteiger partial charge in [-0.1, -0.05) is 0 Å². The van der Waals surface area contributed by atoms with E-state index in [9.17, 15) is 48.9 Å². The summed E-state index contributed by atoms with van der Waals surface area (Å²) < 4.78 is 36.9. The minimum atomic E-state index is -1.50. The Morgan fingerprint density at radius 3 is 1.56 bits per heavy atom. The van der Waals surface area contributed by atoms with Crippen LogP contribution in [-0.4, -0.2) is 143 Å². The summed E-state index contributed by atoms with van der Waals surface area (Å²) in [5.41, 5.74) is 0. The van der Waals surface area contributed by atoms with Crippen molar-refractivity contribution in [2.24, 2.45) is 0 Å². The molecule has 0 saturated carbocycles. The van der Waals surface area contributed by atoms with Gasteiger partial charge in [0.15, 0.2) is 0 Å². The van der Waals surface area contributed by atoms with Gasteiger partial charge >= 0.3 is 69.8 Å². The molecule has 2 heterocycles. The van der Waals surface area contributed by atoms with Crippen LogP contribution < -0.4 is 16.0 Å². The van der Waals surface area contributed by atoms with Crippen LogP contribution in [0.4, 0.5) is 4.79 Å². The summed E-state index contributed by atoms with van der Waals surface area (Å²) in [5.74, 6) is -5.25. The molecule has 0 spiro atoms. The smallest absolute Gasteiger partial charge is 0 e. The molecule has 8 N–H and O–H groups in total. The van der Waals surface area contributed by atoms with Gasteiger partial charge in [-0.2, -0.15) is 0 Å². The van der Waals surface area contributed by atoms with E-state index in [1.807, 2.05) is 4.90 Å². The van der Waals surface area contributed by atoms with Crippen LogP contribution in [0.3, 0.4) is 0 Å². The number of urea groups is 1. The van der Waals surface area contributed by atoms with E-state index in [0.29, 0.717) is 63.7 Å². The van der Waals surface area contributed by atoms with Gasteiger partial charge in [0.05, 0.1) is 26.3 Å². The second-order valence-electron chi connectivity index (χ2n) is 12.3. The van der Waals surface area contributed by atoms with E-state index in [4.69, 9.17) is 33.6 Å². The van der Waals surface area contributed by atoms with Crippen LogP contribution in [-0.2, 0) is 98.8 Å². The third kappa shape index (κ3) is 29.5. The minimum absolute atomic E-state index is 0. The fourth-order valence-corrected chi connectivity index (χ4v) is 5.08. The Kier molecular flexibility index (Phi) is 37.3. The fourth-order valence-electron chi connectivity index (χ4n) is 5.08. The first-order valence-corrected chi connectivity index (χ1v) is 18.2. The molecule has 0 aliphatic carbocycles. The number of rotatable bonds is 31. The molecule has 0 bridgehead atoms. The van der Waals surface area contributed by atoms with Gasteiger partial charge < -0.3 is 60.1 Å². The van der Waals surface area contributed by atoms with E-state index in [0.717, 1.165) is 0 Å². The first kappa shape index (κ1) is 60.6. The first-order chi connectivity index (χ1) is 29.2. The predicted octanol–water partition coefficient (Wildman–Crippen LogP) is -0.304. The molecular weight excluding hydrogens is 1000 g/mol. The van der Waals surface area contributed by atoms with Crippen molar-refractivity contribution in [3.63, 3.8) is 0 Å². The summed E-state index contributed by atoms with van der Waals surface area (Å²) in [6.45, 7) is 15.7. The van der Waals surface area contributed by atoms with E-state index < -0.39 is 54.4 Å². The van der Waals surface area contributed by atoms with Crippen LogP contribution in [0.15, 0.2) is 24.8 Å². The third-order valence-corrected chi connectivity index (χ3v) is 7.89. The number of carbonyl (C=O) groups is 7. The Morgan fingerprint density at radius 2 is 1.11 bits per heavy atom. The second-order valence-corrected chi connectivity index (χ2v) is 12.3. The maximum atomic E-state index is 12.1. The number of nitrogens with zero attached hydrogens (tertiary/aromatic N) is 5. The number of aromatic nitrogens is 4. The topological polar surface area (TPSA) is 374 Å². The van der Waals surface area contributed by atoms with Gasteiger partial charge in [-0.3, -0.25) is 24.1 Å². The molecule has 343 valence electrons. The number of hydrogen-bond acceptors (Lipinski definition) is 12. The van der Waals surface area contributed by atoms with Crippen LogP contribution in [0.2, 0.25) is 0 Å². The number of hydrogen-bond donors (Lipinski definition) is 8. The van der Waals surface area contributed by atoms with Crippen molar-refractivity contribution >= 4 is 41.8 Å². The number of carboxylic acids is 5. The molecular formula is C36H50N8O17Re. The molecule has 2 aromatic rings. The minimum Gasteiger partial charge on any atom is 0 e. The SMILES string of the molecule is O=C(O)CC[C@H](NC(=O)N[C@@H](CCCCNC(=O)CCOCCCCOCCN(Cc1nccn1CC(=O)O)Cc1nccn1CC(=O)O)C(=O)O)C(=O)O.[C-]#[O+].[C-]#[O+].[C-]#[O+].[Re]. The van der Waals surface area contributed by atoms with Crippen LogP contribution in [0.5, 0.6) is 0 Å². The van der Waals surface area contributed by atoms with Crippen molar-refractivity contribution in [1.29, 1.82) is 0 Å². The molecule has 3 amide bonds. The van der Waals surface area contributed by atoms with Crippen molar-refractivity contribution in [3.8, 4) is 0 Å². The first-order valence-electron chi connectivity index (χ1n) is 18.2. The molecule has 0 aliphatic rings. The standard InChI is InChI=1S/C33H50N8O14.3CO.Re/c42-27(36-9-2-1-5-23(31(49)50)37-33(53)38-24(32(51)52)6-7-28(43)44)8-17-54-15-3-4-16-55-18-14-39(19-25-34-10-12-40(25)21-29(45)46)20-26-35-11-13-41(26)22-30(47)48;3*1-2;/h10-13,23-24H,1-9,14-22H2,(H,36,42)(H,43,44)(H,45,46)(H,47,48)(H,49,50)(H,51,52)(H2,37,38,53);;;;/t23-,24-;;;;/m0..../s1. The average molecular weight is 1050 g/mol. The number of amides is 3. The number of imidazole rings is 2. The predicted molar refractivity (Wildman–Crippen MR) is 199 cm³/mol. The number of nitrogens with one attached hydrogen (secondary N) is 3. The zero-order chi connectivity index (χ0) is 46.6. The average Bonchev–Trinajstić information content (AvgIpc) is 3.85. The van der Waals surface area contributed by atoms with E-state index in [1.165, 1.54) is 21.5 Å². The molecule has 2 rings (SSSR count). The van der Waals surface area contributed by atoms with E-state index in [2.05, 4.69) is 45.9 Å². The van der Waals surface area contributed by atoms with Crippen LogP contribution in [0, 0.1) is 20.0 Å². The summed E-state index contributed by atoms with van der Waals surface area (Å²) in [7, 11) is 0. The molecule has 0 unspecified atom stereocenters. The number of carbonyl (C=O) groups excluding carboxylic acids is 2. The maximum absolute atomic E-state index is 12.1. The molecule has 0 saturated heterocycles. The molecule has 0 aromatic carbocycles. The third-order valence-electron chi connectivity index (χ3n) is 7.89. The number of ether oxygens (including phenoxy) is 2. The van der Waals surface area contributed by atoms with Gasteiger partial charge in [0.2, 0.25) is 5.91 Å². The molecule has 25 nitrogen and oxygen atoms in total. The van der Waals surface area contributed by atoms with E-state index >= 15 is 0 Å². The largest absolute Gasteiger partial charge is 0 e. The maximum Gasteiger partial charge on any atom is 0 e. The molecule has 0 fully saturated rings. The van der Waals surface area contributed by atoms with Crippen molar-refractivity contribution < 1.29 is 103 Å². The summed E-state index contributed by atoms with van der Waals surface area (Å²) in [4.78, 5) is 90.6. The van der Waals surface area contributed by atoms with E-state index in [1.54, 1.807) is 12.4 Å². The number of carboxylic acid groups (broad SMARTS) is 5. The van der Waals surface area contributed by atoms with Crippen LogP contribution in [0.1, 0.15) is 63.0 Å². The summed E-state index contributed by atoms with van der Waals surface area (Å²) in [5, 5.41) is 52.6. The van der Waals surface area contributed by atoms with Crippen molar-refractivity contribution in [3.05, 3.63) is 56.4 Å². The van der Waals surface area contributed by atoms with Gasteiger partial charge in [-0.05, 0) is 38.5 Å². The Hall–Kier alpha value is -5.73. The van der Waals surface area contributed by atoms with Gasteiger partial charge in [-0.25, -0.2) is 24.4 Å². The molecule has 62 heavy (non-hydrogen) atoms. The van der Waals surface area contributed by atoms with Gasteiger partial charge in [0.1, 0.15) is 36.8 Å². The van der Waals surface area contributed by atoms with E-state index in [-0.39, 0.29) is 84.9 Å². The number of unbranched alkanes of at least 4 members (excludes halogenated alkanes) is 2. The second kappa shape index (κ2) is 38.2. The fraction of sp³-hybridized carbons (Fsp3) is 0.556. The van der Waals surface area contributed by atoms with Crippen molar-refractivity contribution in [2.75, 3.05) is 39.5 Å². The van der Waals surface area contributed by atoms with Crippen LogP contribution in [0.25, 0.3) is 0 Å². The quantitative estimate of drug-likeness (QED) is 0.0273. The van der Waals surface area contributed by atoms with Crippen molar-refractivity contribution in [2.45, 2.75) is 89.6 Å². The summed E-state index contributed by atoms with van der Waals surface area (Å²) >= 11 is 0. The van der Waals surface area contributed by atoms with Gasteiger partial charge in [0.25, 0.3) is 0 Å². The zero-order valence-electron chi connectivity index (χ0n) is 33.4. The van der Waals surface area contributed by atoms with Crippen molar-refractivity contribution in [1.82, 2.24) is 40.0 Å². The molecule has 0 aliphatic heterocycles. The van der Waals surface area contributed by atoms with Crippen LogP contribution >= 0.6 is 0 Å². The molecule has 1 radical (unpaired) electrons. The van der Waals surface area contributed by atoms with Gasteiger partial charge in [-0.15, -0.1) is 0 Å². The zero-order valence-corrected chi connectivity index (χ0v) is 36.2. The molecule has 2 aromatic heterocycles. The Morgan fingerprint density at radius 1 is 0.645 bits per heavy atom. The number of aliphatic carboxylic acids is 5. The Bertz CT molecular complexity index is 1630. The normalized spacial score (nSPS) is 10.9.